The van der Waals surface area contributed by atoms with E-state index >= 15 is 0 Å². The highest BCUT2D eigenvalue weighted by Gasteiger charge is 2.03. The van der Waals surface area contributed by atoms with Gasteiger partial charge in [0.1, 0.15) is 5.82 Å². The third kappa shape index (κ3) is 6.03. The van der Waals surface area contributed by atoms with E-state index in [4.69, 9.17) is 0 Å². The van der Waals surface area contributed by atoms with Crippen LogP contribution in [-0.4, -0.2) is 35.5 Å². The van der Waals surface area contributed by atoms with E-state index in [0.717, 1.165) is 24.5 Å². The summed E-state index contributed by atoms with van der Waals surface area (Å²) in [5, 5.41) is 9.05. The monoisotopic (exact) mass is 265 g/mol. The van der Waals surface area contributed by atoms with Gasteiger partial charge in [-0.15, -0.1) is 0 Å². The number of rotatable bonds is 8. The van der Waals surface area contributed by atoms with Crippen LogP contribution in [0.2, 0.25) is 0 Å². The maximum atomic E-state index is 11.3. The minimum atomic E-state index is 0.0464. The minimum absolute atomic E-state index is 0.0464. The Kier molecular flexibility index (Phi) is 6.63. The zero-order valence-corrected chi connectivity index (χ0v) is 11.9. The molecule has 0 spiro atoms. The number of anilines is 2. The van der Waals surface area contributed by atoms with Crippen LogP contribution in [0.1, 0.15) is 32.4 Å². The van der Waals surface area contributed by atoms with Crippen molar-refractivity contribution in [3.8, 4) is 0 Å². The van der Waals surface area contributed by atoms with Crippen molar-refractivity contribution in [1.82, 2.24) is 15.3 Å². The molecule has 1 amide bonds. The number of nitrogens with one attached hydrogen (secondary N) is 3. The van der Waals surface area contributed by atoms with Crippen LogP contribution >= 0.6 is 0 Å². The largest absolute Gasteiger partial charge is 0.369 e. The molecule has 0 bridgehead atoms. The lowest BCUT2D eigenvalue weighted by molar-refractivity contribution is -0.120. The molecule has 6 nitrogen and oxygen atoms in total. The van der Waals surface area contributed by atoms with Crippen molar-refractivity contribution in [2.45, 2.75) is 33.6 Å². The lowest BCUT2D eigenvalue weighted by atomic mass is 10.3. The molecule has 106 valence electrons. The lowest BCUT2D eigenvalue weighted by Crippen LogP contribution is -2.24. The molecule has 0 aliphatic carbocycles. The number of carbonyl (C=O) groups excluding carboxylic acids is 1. The Balaban J connectivity index is 2.48. The van der Waals surface area contributed by atoms with E-state index in [0.29, 0.717) is 25.5 Å². The molecule has 0 atom stereocenters. The first-order valence-electron chi connectivity index (χ1n) is 6.75. The Labute approximate surface area is 114 Å². The van der Waals surface area contributed by atoms with Crippen LogP contribution in [0.25, 0.3) is 0 Å². The number of amides is 1. The fourth-order valence-corrected chi connectivity index (χ4v) is 1.56. The topological polar surface area (TPSA) is 78.9 Å². The number of nitrogens with zero attached hydrogens (tertiary/aromatic N) is 2. The molecule has 3 N–H and O–H groups in total. The van der Waals surface area contributed by atoms with Crippen molar-refractivity contribution < 1.29 is 4.79 Å². The van der Waals surface area contributed by atoms with Crippen molar-refractivity contribution in [1.29, 1.82) is 0 Å². The van der Waals surface area contributed by atoms with Gasteiger partial charge in [-0.1, -0.05) is 6.92 Å². The summed E-state index contributed by atoms with van der Waals surface area (Å²) >= 11 is 0. The average Bonchev–Trinajstić information content (AvgIpc) is 2.36. The van der Waals surface area contributed by atoms with Crippen LogP contribution < -0.4 is 16.0 Å². The maximum absolute atomic E-state index is 11.3. The van der Waals surface area contributed by atoms with Gasteiger partial charge in [-0.2, -0.15) is 4.98 Å². The first-order chi connectivity index (χ1) is 9.15. The fourth-order valence-electron chi connectivity index (χ4n) is 1.56. The van der Waals surface area contributed by atoms with Crippen LogP contribution in [-0.2, 0) is 4.79 Å². The molecule has 0 saturated carbocycles. The molecular weight excluding hydrogens is 242 g/mol. The van der Waals surface area contributed by atoms with Crippen molar-refractivity contribution in [3.05, 3.63) is 11.8 Å². The summed E-state index contributed by atoms with van der Waals surface area (Å²) in [6, 6.07) is 1.87. The predicted molar refractivity (Wildman–Crippen MR) is 77.3 cm³/mol. The van der Waals surface area contributed by atoms with Gasteiger partial charge in [0.25, 0.3) is 0 Å². The lowest BCUT2D eigenvalue weighted by Gasteiger charge is -2.09. The van der Waals surface area contributed by atoms with E-state index in [1.807, 2.05) is 19.9 Å². The standard InChI is InChI=1S/C13H23N5O/c1-4-7-16-13-17-10(3)9-11(18-13)15-8-6-12(19)14-5-2/h9H,4-8H2,1-3H3,(H,14,19)(H2,15,16,17,18). The van der Waals surface area contributed by atoms with E-state index in [2.05, 4.69) is 32.8 Å². The molecular formula is C13H23N5O. The van der Waals surface area contributed by atoms with Gasteiger partial charge in [-0.25, -0.2) is 4.98 Å². The van der Waals surface area contributed by atoms with Crippen LogP contribution in [0, 0.1) is 6.92 Å². The van der Waals surface area contributed by atoms with E-state index in [1.165, 1.54) is 0 Å². The molecule has 6 heteroatoms. The molecule has 0 aliphatic heterocycles. The second kappa shape index (κ2) is 8.29. The van der Waals surface area contributed by atoms with Gasteiger partial charge in [0.15, 0.2) is 0 Å². The molecule has 1 aromatic rings. The molecule has 1 rings (SSSR count). The summed E-state index contributed by atoms with van der Waals surface area (Å²) in [6.45, 7) is 8.00. The molecule has 0 unspecified atom stereocenters. The molecule has 0 aromatic carbocycles. The van der Waals surface area contributed by atoms with Gasteiger partial charge in [0, 0.05) is 37.8 Å². The summed E-state index contributed by atoms with van der Waals surface area (Å²) in [5.41, 5.74) is 0.897. The average molecular weight is 265 g/mol. The van der Waals surface area contributed by atoms with Gasteiger partial charge in [-0.3, -0.25) is 4.79 Å². The van der Waals surface area contributed by atoms with Gasteiger partial charge < -0.3 is 16.0 Å². The highest BCUT2D eigenvalue weighted by molar-refractivity contribution is 5.76. The summed E-state index contributed by atoms with van der Waals surface area (Å²) < 4.78 is 0. The van der Waals surface area contributed by atoms with Gasteiger partial charge >= 0.3 is 0 Å². The second-order valence-electron chi connectivity index (χ2n) is 4.28. The Morgan fingerprint density at radius 2 is 2.00 bits per heavy atom. The van der Waals surface area contributed by atoms with Crippen LogP contribution in [0.15, 0.2) is 6.07 Å². The van der Waals surface area contributed by atoms with Gasteiger partial charge in [-0.05, 0) is 20.3 Å². The Hall–Kier alpha value is -1.85. The Morgan fingerprint density at radius 3 is 2.68 bits per heavy atom. The minimum Gasteiger partial charge on any atom is -0.369 e. The zero-order chi connectivity index (χ0) is 14.1. The smallest absolute Gasteiger partial charge is 0.224 e. The van der Waals surface area contributed by atoms with Crippen LogP contribution in [0.3, 0.4) is 0 Å². The normalized spacial score (nSPS) is 10.1. The van der Waals surface area contributed by atoms with Crippen LogP contribution in [0.5, 0.6) is 0 Å². The highest BCUT2D eigenvalue weighted by atomic mass is 16.1. The number of aromatic nitrogens is 2. The molecule has 19 heavy (non-hydrogen) atoms. The zero-order valence-electron chi connectivity index (χ0n) is 11.9. The van der Waals surface area contributed by atoms with E-state index in [9.17, 15) is 4.79 Å². The SMILES string of the molecule is CCCNc1nc(C)cc(NCCC(=O)NCC)n1. The summed E-state index contributed by atoms with van der Waals surface area (Å²) in [4.78, 5) is 20.0. The fraction of sp³-hybridized carbons (Fsp3) is 0.615. The van der Waals surface area contributed by atoms with Crippen molar-refractivity contribution in [3.63, 3.8) is 0 Å². The summed E-state index contributed by atoms with van der Waals surface area (Å²) in [7, 11) is 0. The van der Waals surface area contributed by atoms with Crippen molar-refractivity contribution >= 4 is 17.7 Å². The highest BCUT2D eigenvalue weighted by Crippen LogP contribution is 2.09. The molecule has 0 radical (unpaired) electrons. The van der Waals surface area contributed by atoms with E-state index in [-0.39, 0.29) is 5.91 Å². The molecule has 1 aromatic heterocycles. The van der Waals surface area contributed by atoms with Crippen molar-refractivity contribution in [2.24, 2.45) is 0 Å². The van der Waals surface area contributed by atoms with E-state index < -0.39 is 0 Å². The quantitative estimate of drug-likeness (QED) is 0.664. The van der Waals surface area contributed by atoms with Gasteiger partial charge in [0.05, 0.1) is 0 Å². The number of hydrogen-bond donors (Lipinski definition) is 3. The maximum Gasteiger partial charge on any atom is 0.224 e. The number of carbonyl (C=O) groups is 1. The third-order valence-corrected chi connectivity index (χ3v) is 2.42. The Bertz CT molecular complexity index is 408. The van der Waals surface area contributed by atoms with Crippen molar-refractivity contribution in [2.75, 3.05) is 30.3 Å². The third-order valence-electron chi connectivity index (χ3n) is 2.42. The number of aryl methyl sites for hydroxylation is 1. The van der Waals surface area contributed by atoms with Gasteiger partial charge in [0.2, 0.25) is 11.9 Å². The molecule has 1 heterocycles. The predicted octanol–water partition coefficient (Wildman–Crippen LogP) is 1.55. The van der Waals surface area contributed by atoms with E-state index in [1.54, 1.807) is 0 Å². The molecule has 0 aliphatic rings. The summed E-state index contributed by atoms with van der Waals surface area (Å²) in [6.07, 6.45) is 1.46. The first-order valence-corrected chi connectivity index (χ1v) is 6.75. The molecule has 0 saturated heterocycles. The molecule has 0 fully saturated rings. The first kappa shape index (κ1) is 15.2. The Morgan fingerprint density at radius 1 is 1.21 bits per heavy atom. The second-order valence-corrected chi connectivity index (χ2v) is 4.28. The van der Waals surface area contributed by atoms with Crippen LogP contribution in [0.4, 0.5) is 11.8 Å². The number of hydrogen-bond acceptors (Lipinski definition) is 5. The summed E-state index contributed by atoms with van der Waals surface area (Å²) in [5.74, 6) is 1.42.